The lowest BCUT2D eigenvalue weighted by atomic mass is 9.87. The van der Waals surface area contributed by atoms with Gasteiger partial charge in [0.1, 0.15) is 22.2 Å². The Hall–Kier alpha value is -0.620. The highest BCUT2D eigenvalue weighted by Crippen LogP contribution is 2.23. The zero-order valence-electron chi connectivity index (χ0n) is 6.38. The third-order valence-electron chi connectivity index (χ3n) is 2.18. The second kappa shape index (κ2) is 4.30. The molecule has 1 aliphatic rings. The van der Waals surface area contributed by atoms with Crippen molar-refractivity contribution in [1.29, 1.82) is 5.26 Å². The van der Waals surface area contributed by atoms with Crippen molar-refractivity contribution in [3.63, 3.8) is 0 Å². The standard InChI is InChI=1S/C8H11NOS/c9-6-8(11-10)7-4-2-1-3-5-7/h7H,1-5H2. The monoisotopic (exact) mass is 169 g/mol. The molecule has 0 atom stereocenters. The van der Waals surface area contributed by atoms with Gasteiger partial charge in [0, 0.05) is 5.92 Å². The van der Waals surface area contributed by atoms with E-state index in [0.29, 0.717) is 16.1 Å². The van der Waals surface area contributed by atoms with E-state index >= 15 is 0 Å². The van der Waals surface area contributed by atoms with Crippen LogP contribution in [0.5, 0.6) is 0 Å². The van der Waals surface area contributed by atoms with Gasteiger partial charge in [-0.3, -0.25) is 0 Å². The SMILES string of the molecule is N#CC(=S=O)C1CCCCC1. The molecule has 0 aromatic carbocycles. The van der Waals surface area contributed by atoms with Gasteiger partial charge in [0.05, 0.1) is 0 Å². The minimum atomic E-state index is 0.288. The fourth-order valence-corrected chi connectivity index (χ4v) is 1.95. The van der Waals surface area contributed by atoms with Crippen LogP contribution in [0.1, 0.15) is 32.1 Å². The number of hydrogen-bond acceptors (Lipinski definition) is 2. The quantitative estimate of drug-likeness (QED) is 0.558. The van der Waals surface area contributed by atoms with Gasteiger partial charge in [0.15, 0.2) is 0 Å². The van der Waals surface area contributed by atoms with Crippen molar-refractivity contribution in [3.8, 4) is 6.07 Å². The Bertz CT molecular complexity index is 219. The lowest BCUT2D eigenvalue weighted by Gasteiger charge is -2.18. The van der Waals surface area contributed by atoms with Gasteiger partial charge in [0.2, 0.25) is 0 Å². The lowest BCUT2D eigenvalue weighted by Crippen LogP contribution is -2.15. The summed E-state index contributed by atoms with van der Waals surface area (Å²) in [5.74, 6) is 0.288. The summed E-state index contributed by atoms with van der Waals surface area (Å²) in [6, 6.07) is 1.99. The molecular formula is C8H11NOS. The highest BCUT2D eigenvalue weighted by atomic mass is 32.1. The van der Waals surface area contributed by atoms with E-state index < -0.39 is 0 Å². The van der Waals surface area contributed by atoms with Gasteiger partial charge >= 0.3 is 0 Å². The summed E-state index contributed by atoms with van der Waals surface area (Å²) < 4.78 is 10.4. The fourth-order valence-electron chi connectivity index (χ4n) is 1.54. The Kier molecular flexibility index (Phi) is 3.31. The largest absolute Gasteiger partial charge is 0.211 e. The molecule has 0 bridgehead atoms. The van der Waals surface area contributed by atoms with Gasteiger partial charge in [-0.25, -0.2) is 4.21 Å². The molecule has 1 fully saturated rings. The first-order valence-corrected chi connectivity index (χ1v) is 4.69. The Morgan fingerprint density at radius 3 is 2.45 bits per heavy atom. The third kappa shape index (κ3) is 2.16. The zero-order chi connectivity index (χ0) is 8.10. The highest BCUT2D eigenvalue weighted by Gasteiger charge is 2.18. The van der Waals surface area contributed by atoms with E-state index in [9.17, 15) is 4.21 Å². The molecular weight excluding hydrogens is 158 g/mol. The maximum absolute atomic E-state index is 10.4. The van der Waals surface area contributed by atoms with Crippen LogP contribution in [0.3, 0.4) is 0 Å². The predicted molar refractivity (Wildman–Crippen MR) is 45.3 cm³/mol. The predicted octanol–water partition coefficient (Wildman–Crippen LogP) is 1.48. The van der Waals surface area contributed by atoms with Gasteiger partial charge in [-0.05, 0) is 12.8 Å². The molecule has 0 aliphatic heterocycles. The molecule has 0 amide bonds. The summed E-state index contributed by atoms with van der Waals surface area (Å²) in [4.78, 5) is 0.490. The summed E-state index contributed by atoms with van der Waals surface area (Å²) in [6.07, 6.45) is 5.70. The van der Waals surface area contributed by atoms with Crippen molar-refractivity contribution < 1.29 is 4.21 Å². The molecule has 0 N–H and O–H groups in total. The lowest BCUT2D eigenvalue weighted by molar-refractivity contribution is 0.444. The summed E-state index contributed by atoms with van der Waals surface area (Å²) in [7, 11) is 0. The van der Waals surface area contributed by atoms with Crippen molar-refractivity contribution >= 4 is 16.1 Å². The van der Waals surface area contributed by atoms with Gasteiger partial charge in [-0.15, -0.1) is 0 Å². The van der Waals surface area contributed by atoms with Crippen molar-refractivity contribution in [1.82, 2.24) is 0 Å². The minimum absolute atomic E-state index is 0.288. The van der Waals surface area contributed by atoms with Crippen LogP contribution < -0.4 is 0 Å². The van der Waals surface area contributed by atoms with Crippen molar-refractivity contribution in [2.45, 2.75) is 32.1 Å². The van der Waals surface area contributed by atoms with Crippen LogP contribution in [0.25, 0.3) is 0 Å². The van der Waals surface area contributed by atoms with Crippen LogP contribution in [-0.2, 0) is 11.3 Å². The second-order valence-corrected chi connectivity index (χ2v) is 3.50. The Morgan fingerprint density at radius 2 is 2.00 bits per heavy atom. The molecule has 0 aromatic heterocycles. The first kappa shape index (κ1) is 8.48. The van der Waals surface area contributed by atoms with E-state index in [1.807, 2.05) is 6.07 Å². The maximum Gasteiger partial charge on any atom is 0.125 e. The fraction of sp³-hybridized carbons (Fsp3) is 0.750. The van der Waals surface area contributed by atoms with Gasteiger partial charge in [0.25, 0.3) is 0 Å². The van der Waals surface area contributed by atoms with E-state index in [4.69, 9.17) is 5.26 Å². The molecule has 1 saturated carbocycles. The van der Waals surface area contributed by atoms with Gasteiger partial charge < -0.3 is 0 Å². The summed E-state index contributed by atoms with van der Waals surface area (Å²) in [6.45, 7) is 0. The molecule has 0 spiro atoms. The van der Waals surface area contributed by atoms with E-state index in [2.05, 4.69) is 0 Å². The maximum atomic E-state index is 10.4. The zero-order valence-corrected chi connectivity index (χ0v) is 7.19. The average molecular weight is 169 g/mol. The van der Waals surface area contributed by atoms with Crippen LogP contribution in [0, 0.1) is 17.2 Å². The number of nitrogens with zero attached hydrogens (tertiary/aromatic N) is 1. The number of hydrogen-bond donors (Lipinski definition) is 0. The van der Waals surface area contributed by atoms with Crippen LogP contribution in [0.2, 0.25) is 0 Å². The summed E-state index contributed by atoms with van der Waals surface area (Å²) in [5.41, 5.74) is 0. The van der Waals surface area contributed by atoms with Crippen LogP contribution in [0.15, 0.2) is 0 Å². The molecule has 0 aromatic rings. The first-order valence-electron chi connectivity index (χ1n) is 3.95. The minimum Gasteiger partial charge on any atom is -0.211 e. The summed E-state index contributed by atoms with van der Waals surface area (Å²) >= 11 is 0.382. The molecule has 11 heavy (non-hydrogen) atoms. The molecule has 0 saturated heterocycles. The Labute approximate surface area is 70.3 Å². The highest BCUT2D eigenvalue weighted by molar-refractivity contribution is 7.67. The number of rotatable bonds is 1. The number of nitriles is 1. The van der Waals surface area contributed by atoms with E-state index in [1.165, 1.54) is 19.3 Å². The molecule has 2 nitrogen and oxygen atoms in total. The van der Waals surface area contributed by atoms with E-state index in [-0.39, 0.29) is 5.92 Å². The van der Waals surface area contributed by atoms with Gasteiger partial charge in [-0.2, -0.15) is 5.26 Å². The third-order valence-corrected chi connectivity index (χ3v) is 2.78. The van der Waals surface area contributed by atoms with E-state index in [0.717, 1.165) is 12.8 Å². The van der Waals surface area contributed by atoms with Crippen molar-refractivity contribution in [3.05, 3.63) is 0 Å². The molecule has 0 unspecified atom stereocenters. The van der Waals surface area contributed by atoms with Crippen LogP contribution in [-0.4, -0.2) is 9.07 Å². The molecule has 1 rings (SSSR count). The molecule has 1 aliphatic carbocycles. The molecule has 0 heterocycles. The van der Waals surface area contributed by atoms with Crippen LogP contribution >= 0.6 is 0 Å². The van der Waals surface area contributed by atoms with E-state index in [1.54, 1.807) is 0 Å². The molecule has 0 radical (unpaired) electrons. The Balaban J connectivity index is 2.59. The summed E-state index contributed by atoms with van der Waals surface area (Å²) in [5, 5.41) is 8.57. The van der Waals surface area contributed by atoms with Crippen molar-refractivity contribution in [2.24, 2.45) is 5.92 Å². The second-order valence-electron chi connectivity index (χ2n) is 2.89. The smallest absolute Gasteiger partial charge is 0.125 e. The molecule has 60 valence electrons. The van der Waals surface area contributed by atoms with Crippen molar-refractivity contribution in [2.75, 3.05) is 0 Å². The molecule has 3 heteroatoms. The Morgan fingerprint density at radius 1 is 1.36 bits per heavy atom. The van der Waals surface area contributed by atoms with Crippen LogP contribution in [0.4, 0.5) is 0 Å². The normalized spacial score (nSPS) is 18.8. The van der Waals surface area contributed by atoms with Gasteiger partial charge in [-0.1, -0.05) is 19.3 Å². The topological polar surface area (TPSA) is 40.9 Å². The average Bonchev–Trinajstić information content (AvgIpc) is 2.09. The first-order chi connectivity index (χ1) is 5.38.